The van der Waals surface area contributed by atoms with Crippen molar-refractivity contribution in [2.75, 3.05) is 33.2 Å². The molecule has 2 N–H and O–H groups in total. The second-order valence-electron chi connectivity index (χ2n) is 6.31. The number of nitrogens with two attached hydrogens (primary N) is 1. The van der Waals surface area contributed by atoms with Gasteiger partial charge in [-0.1, -0.05) is 6.92 Å². The van der Waals surface area contributed by atoms with Crippen molar-refractivity contribution in [2.24, 2.45) is 16.6 Å². The van der Waals surface area contributed by atoms with E-state index in [4.69, 9.17) is 5.73 Å². The average molecular weight is 266 g/mol. The van der Waals surface area contributed by atoms with Gasteiger partial charge in [-0.2, -0.15) is 0 Å². The second-order valence-corrected chi connectivity index (χ2v) is 6.31. The number of aliphatic imine (C=N–C) groups is 1. The SMILES string of the molecule is CC1CCN(CCCCN=C(N)N(C)C2CC2)CC1. The number of unbranched alkanes of at least 4 members (excludes halogenated alkanes) is 1. The van der Waals surface area contributed by atoms with Gasteiger partial charge in [0.05, 0.1) is 0 Å². The first-order valence-electron chi connectivity index (χ1n) is 7.92. The molecule has 4 nitrogen and oxygen atoms in total. The molecular weight excluding hydrogens is 236 g/mol. The average Bonchev–Trinajstić information content (AvgIpc) is 3.24. The summed E-state index contributed by atoms with van der Waals surface area (Å²) in [6.45, 7) is 7.06. The Balaban J connectivity index is 1.53. The number of likely N-dealkylation sites (tertiary alicyclic amines) is 1. The van der Waals surface area contributed by atoms with Crippen LogP contribution in [-0.4, -0.2) is 55.0 Å². The highest BCUT2D eigenvalue weighted by atomic mass is 15.3. The molecule has 0 spiro atoms. The molecule has 0 bridgehead atoms. The summed E-state index contributed by atoms with van der Waals surface area (Å²) in [6, 6.07) is 0.666. The van der Waals surface area contributed by atoms with Crippen molar-refractivity contribution in [1.29, 1.82) is 0 Å². The van der Waals surface area contributed by atoms with E-state index in [1.165, 1.54) is 51.7 Å². The third kappa shape index (κ3) is 5.01. The second kappa shape index (κ2) is 7.13. The van der Waals surface area contributed by atoms with Crippen molar-refractivity contribution in [3.05, 3.63) is 0 Å². The van der Waals surface area contributed by atoms with Crippen LogP contribution in [0.15, 0.2) is 4.99 Å². The first-order valence-corrected chi connectivity index (χ1v) is 7.92. The predicted molar refractivity (Wildman–Crippen MR) is 81.3 cm³/mol. The molecule has 0 unspecified atom stereocenters. The van der Waals surface area contributed by atoms with Crippen molar-refractivity contribution < 1.29 is 0 Å². The minimum Gasteiger partial charge on any atom is -0.370 e. The van der Waals surface area contributed by atoms with E-state index in [2.05, 4.69) is 28.8 Å². The Bertz CT molecular complexity index is 291. The Kier molecular flexibility index (Phi) is 5.49. The highest BCUT2D eigenvalue weighted by molar-refractivity contribution is 5.78. The van der Waals surface area contributed by atoms with E-state index in [0.29, 0.717) is 6.04 Å². The summed E-state index contributed by atoms with van der Waals surface area (Å²) in [5.74, 6) is 1.66. The number of rotatable bonds is 6. The first-order chi connectivity index (χ1) is 9.16. The molecule has 1 aliphatic heterocycles. The van der Waals surface area contributed by atoms with Crippen molar-refractivity contribution >= 4 is 5.96 Å². The lowest BCUT2D eigenvalue weighted by Crippen LogP contribution is -2.36. The van der Waals surface area contributed by atoms with Crippen LogP contribution in [0, 0.1) is 5.92 Å². The van der Waals surface area contributed by atoms with E-state index in [1.54, 1.807) is 0 Å². The van der Waals surface area contributed by atoms with Crippen LogP contribution in [0.25, 0.3) is 0 Å². The summed E-state index contributed by atoms with van der Waals surface area (Å²) in [6.07, 6.45) is 7.71. The molecule has 1 saturated heterocycles. The van der Waals surface area contributed by atoms with Gasteiger partial charge < -0.3 is 15.5 Å². The maximum atomic E-state index is 5.96. The molecule has 1 heterocycles. The van der Waals surface area contributed by atoms with Crippen LogP contribution < -0.4 is 5.73 Å². The van der Waals surface area contributed by atoms with E-state index >= 15 is 0 Å². The molecular formula is C15H30N4. The Labute approximate surface area is 118 Å². The van der Waals surface area contributed by atoms with Gasteiger partial charge in [-0.05, 0) is 64.1 Å². The molecule has 19 heavy (non-hydrogen) atoms. The number of hydrogen-bond acceptors (Lipinski definition) is 2. The molecule has 0 radical (unpaired) electrons. The summed E-state index contributed by atoms with van der Waals surface area (Å²) in [4.78, 5) is 9.21. The van der Waals surface area contributed by atoms with Crippen molar-refractivity contribution in [3.8, 4) is 0 Å². The minimum absolute atomic E-state index is 0.666. The fourth-order valence-corrected chi connectivity index (χ4v) is 2.69. The molecule has 1 saturated carbocycles. The van der Waals surface area contributed by atoms with Crippen LogP contribution in [0.5, 0.6) is 0 Å². The zero-order chi connectivity index (χ0) is 13.7. The minimum atomic E-state index is 0.666. The van der Waals surface area contributed by atoms with Gasteiger partial charge in [0.25, 0.3) is 0 Å². The standard InChI is InChI=1S/C15H30N4/c1-13-7-11-19(12-8-13)10-4-3-9-17-15(16)18(2)14-5-6-14/h13-14H,3-12H2,1-2H3,(H2,16,17). The molecule has 0 amide bonds. The normalized spacial score (nSPS) is 22.7. The third-order valence-corrected chi connectivity index (χ3v) is 4.49. The molecule has 0 aromatic carbocycles. The smallest absolute Gasteiger partial charge is 0.191 e. The summed E-state index contributed by atoms with van der Waals surface area (Å²) in [5, 5.41) is 0. The summed E-state index contributed by atoms with van der Waals surface area (Å²) >= 11 is 0. The highest BCUT2D eigenvalue weighted by Gasteiger charge is 2.27. The molecule has 0 atom stereocenters. The Morgan fingerprint density at radius 1 is 1.21 bits per heavy atom. The fourth-order valence-electron chi connectivity index (χ4n) is 2.69. The molecule has 0 aromatic heterocycles. The Morgan fingerprint density at radius 3 is 2.53 bits per heavy atom. The zero-order valence-electron chi connectivity index (χ0n) is 12.6. The fraction of sp³-hybridized carbons (Fsp3) is 0.933. The molecule has 2 rings (SSSR count). The van der Waals surface area contributed by atoms with Gasteiger partial charge in [0.1, 0.15) is 0 Å². The monoisotopic (exact) mass is 266 g/mol. The van der Waals surface area contributed by atoms with Crippen LogP contribution in [0.4, 0.5) is 0 Å². The third-order valence-electron chi connectivity index (χ3n) is 4.49. The Hall–Kier alpha value is -0.770. The Morgan fingerprint density at radius 2 is 1.89 bits per heavy atom. The number of guanidine groups is 1. The number of piperidine rings is 1. The maximum Gasteiger partial charge on any atom is 0.191 e. The molecule has 110 valence electrons. The van der Waals surface area contributed by atoms with Crippen molar-refractivity contribution in [2.45, 2.75) is 51.5 Å². The van der Waals surface area contributed by atoms with Crippen molar-refractivity contribution in [3.63, 3.8) is 0 Å². The van der Waals surface area contributed by atoms with Crippen molar-refractivity contribution in [1.82, 2.24) is 9.80 Å². The first kappa shape index (κ1) is 14.6. The largest absolute Gasteiger partial charge is 0.370 e. The van der Waals surface area contributed by atoms with Crippen LogP contribution in [0.2, 0.25) is 0 Å². The van der Waals surface area contributed by atoms with E-state index < -0.39 is 0 Å². The van der Waals surface area contributed by atoms with Crippen LogP contribution in [-0.2, 0) is 0 Å². The summed E-state index contributed by atoms with van der Waals surface area (Å²) in [5.41, 5.74) is 5.96. The summed E-state index contributed by atoms with van der Waals surface area (Å²) in [7, 11) is 2.06. The van der Waals surface area contributed by atoms with Gasteiger partial charge in [0.15, 0.2) is 5.96 Å². The molecule has 1 aliphatic carbocycles. The van der Waals surface area contributed by atoms with Gasteiger partial charge in [-0.15, -0.1) is 0 Å². The quantitative estimate of drug-likeness (QED) is 0.454. The van der Waals surface area contributed by atoms with E-state index in [9.17, 15) is 0 Å². The van der Waals surface area contributed by atoms with Gasteiger partial charge in [0, 0.05) is 19.6 Å². The highest BCUT2D eigenvalue weighted by Crippen LogP contribution is 2.24. The maximum absolute atomic E-state index is 5.96. The molecule has 2 aliphatic rings. The van der Waals surface area contributed by atoms with Gasteiger partial charge in [-0.25, -0.2) is 0 Å². The van der Waals surface area contributed by atoms with Gasteiger partial charge in [-0.3, -0.25) is 4.99 Å². The predicted octanol–water partition coefficient (Wildman–Crippen LogP) is 1.91. The van der Waals surface area contributed by atoms with Crippen LogP contribution >= 0.6 is 0 Å². The van der Waals surface area contributed by atoms with Gasteiger partial charge >= 0.3 is 0 Å². The molecule has 4 heteroatoms. The lowest BCUT2D eigenvalue weighted by atomic mass is 9.99. The lowest BCUT2D eigenvalue weighted by Gasteiger charge is -2.30. The lowest BCUT2D eigenvalue weighted by molar-refractivity contribution is 0.190. The molecule has 0 aromatic rings. The molecule has 2 fully saturated rings. The number of hydrogen-bond donors (Lipinski definition) is 1. The van der Waals surface area contributed by atoms with E-state index in [1.807, 2.05) is 0 Å². The van der Waals surface area contributed by atoms with Crippen LogP contribution in [0.1, 0.15) is 45.4 Å². The van der Waals surface area contributed by atoms with Gasteiger partial charge in [0.2, 0.25) is 0 Å². The zero-order valence-corrected chi connectivity index (χ0v) is 12.6. The summed E-state index contributed by atoms with van der Waals surface area (Å²) < 4.78 is 0. The topological polar surface area (TPSA) is 44.9 Å². The van der Waals surface area contributed by atoms with E-state index in [0.717, 1.165) is 24.8 Å². The van der Waals surface area contributed by atoms with Crippen LogP contribution in [0.3, 0.4) is 0 Å². The number of nitrogens with zero attached hydrogens (tertiary/aromatic N) is 3. The van der Waals surface area contributed by atoms with E-state index in [-0.39, 0.29) is 0 Å².